The van der Waals surface area contributed by atoms with Crippen LogP contribution in [0.2, 0.25) is 0 Å². The zero-order chi connectivity index (χ0) is 16.8. The van der Waals surface area contributed by atoms with Gasteiger partial charge < -0.3 is 19.5 Å². The standard InChI is InChI=1S/C18H24FNO4/c19-14-5-2-6-15(9-14)23-12-18(21)20-16-11-22-8-7-17(16)24-10-13-3-1-4-13/h2,5-6,9,13,16-17H,1,3-4,7-8,10-12H2,(H,20,21)/t16-,17+/m1/s1. The van der Waals surface area contributed by atoms with E-state index in [1.165, 1.54) is 31.4 Å². The van der Waals surface area contributed by atoms with Crippen LogP contribution in [0.15, 0.2) is 24.3 Å². The Balaban J connectivity index is 1.44. The van der Waals surface area contributed by atoms with Crippen LogP contribution in [0.25, 0.3) is 0 Å². The highest BCUT2D eigenvalue weighted by Gasteiger charge is 2.29. The van der Waals surface area contributed by atoms with E-state index in [1.54, 1.807) is 12.1 Å². The molecule has 24 heavy (non-hydrogen) atoms. The number of hydrogen-bond donors (Lipinski definition) is 1. The van der Waals surface area contributed by atoms with Gasteiger partial charge in [-0.25, -0.2) is 4.39 Å². The van der Waals surface area contributed by atoms with Crippen LogP contribution in [-0.4, -0.2) is 44.5 Å². The van der Waals surface area contributed by atoms with Gasteiger partial charge in [0.15, 0.2) is 6.61 Å². The van der Waals surface area contributed by atoms with Gasteiger partial charge in [-0.3, -0.25) is 4.79 Å². The summed E-state index contributed by atoms with van der Waals surface area (Å²) in [5, 5.41) is 2.91. The quantitative estimate of drug-likeness (QED) is 0.829. The van der Waals surface area contributed by atoms with Gasteiger partial charge in [0.05, 0.1) is 18.8 Å². The van der Waals surface area contributed by atoms with Gasteiger partial charge in [0.25, 0.3) is 5.91 Å². The van der Waals surface area contributed by atoms with Gasteiger partial charge in [0, 0.05) is 19.3 Å². The molecule has 1 saturated heterocycles. The van der Waals surface area contributed by atoms with Gasteiger partial charge in [0.2, 0.25) is 0 Å². The first-order valence-electron chi connectivity index (χ1n) is 8.58. The molecule has 1 heterocycles. The molecule has 5 nitrogen and oxygen atoms in total. The molecular formula is C18H24FNO4. The molecule has 0 spiro atoms. The Morgan fingerprint density at radius 1 is 1.33 bits per heavy atom. The van der Waals surface area contributed by atoms with Crippen LogP contribution in [-0.2, 0) is 14.3 Å². The Kier molecular flexibility index (Phi) is 6.04. The smallest absolute Gasteiger partial charge is 0.258 e. The van der Waals surface area contributed by atoms with Gasteiger partial charge in [-0.05, 0) is 37.3 Å². The van der Waals surface area contributed by atoms with E-state index in [2.05, 4.69) is 5.32 Å². The van der Waals surface area contributed by atoms with Gasteiger partial charge in [0.1, 0.15) is 11.6 Å². The Morgan fingerprint density at radius 3 is 2.96 bits per heavy atom. The van der Waals surface area contributed by atoms with Crippen LogP contribution in [0.4, 0.5) is 4.39 Å². The molecule has 1 aromatic carbocycles. The summed E-state index contributed by atoms with van der Waals surface area (Å²) in [6, 6.07) is 5.58. The minimum atomic E-state index is -0.391. The molecule has 2 atom stereocenters. The summed E-state index contributed by atoms with van der Waals surface area (Å²) >= 11 is 0. The molecule has 0 aromatic heterocycles. The molecule has 2 fully saturated rings. The number of halogens is 1. The number of carbonyl (C=O) groups excluding carboxylic acids is 1. The van der Waals surface area contributed by atoms with E-state index in [4.69, 9.17) is 14.2 Å². The Bertz CT molecular complexity index is 550. The average Bonchev–Trinajstić information content (AvgIpc) is 2.53. The number of rotatable bonds is 7. The van der Waals surface area contributed by atoms with Crippen molar-refractivity contribution in [2.75, 3.05) is 26.4 Å². The topological polar surface area (TPSA) is 56.8 Å². The predicted molar refractivity (Wildman–Crippen MR) is 86.3 cm³/mol. The van der Waals surface area contributed by atoms with Gasteiger partial charge >= 0.3 is 0 Å². The van der Waals surface area contributed by atoms with Crippen LogP contribution < -0.4 is 10.1 Å². The maximum absolute atomic E-state index is 13.1. The summed E-state index contributed by atoms with van der Waals surface area (Å²) in [7, 11) is 0. The third kappa shape index (κ3) is 4.92. The maximum Gasteiger partial charge on any atom is 0.258 e. The second kappa shape index (κ2) is 8.44. The molecule has 2 aliphatic rings. The van der Waals surface area contributed by atoms with E-state index in [0.717, 1.165) is 13.0 Å². The number of benzene rings is 1. The molecule has 1 saturated carbocycles. The van der Waals surface area contributed by atoms with Crippen molar-refractivity contribution in [1.29, 1.82) is 0 Å². The summed E-state index contributed by atoms with van der Waals surface area (Å²) in [6.45, 7) is 1.70. The molecule has 1 amide bonds. The van der Waals surface area contributed by atoms with Gasteiger partial charge in [-0.2, -0.15) is 0 Å². The van der Waals surface area contributed by atoms with Crippen LogP contribution in [0, 0.1) is 11.7 Å². The molecule has 1 N–H and O–H groups in total. The molecule has 0 unspecified atom stereocenters. The average molecular weight is 337 g/mol. The van der Waals surface area contributed by atoms with Crippen LogP contribution >= 0.6 is 0 Å². The third-order valence-corrected chi connectivity index (χ3v) is 4.58. The normalized spacial score (nSPS) is 24.2. The number of hydrogen-bond acceptors (Lipinski definition) is 4. The Morgan fingerprint density at radius 2 is 2.21 bits per heavy atom. The number of nitrogens with one attached hydrogen (secondary N) is 1. The summed E-state index contributed by atoms with van der Waals surface area (Å²) in [6.07, 6.45) is 4.53. The van der Waals surface area contributed by atoms with Crippen LogP contribution in [0.1, 0.15) is 25.7 Å². The van der Waals surface area contributed by atoms with E-state index in [-0.39, 0.29) is 24.7 Å². The number of amides is 1. The van der Waals surface area contributed by atoms with E-state index in [1.807, 2.05) is 0 Å². The molecular weight excluding hydrogens is 313 g/mol. The Hall–Kier alpha value is -1.66. The first-order chi connectivity index (χ1) is 11.7. The lowest BCUT2D eigenvalue weighted by Gasteiger charge is -2.34. The largest absolute Gasteiger partial charge is 0.484 e. The van der Waals surface area contributed by atoms with E-state index in [0.29, 0.717) is 24.9 Å². The van der Waals surface area contributed by atoms with E-state index in [9.17, 15) is 9.18 Å². The molecule has 0 radical (unpaired) electrons. The fourth-order valence-corrected chi connectivity index (χ4v) is 2.93. The number of ether oxygens (including phenoxy) is 3. The minimum Gasteiger partial charge on any atom is -0.484 e. The van der Waals surface area contributed by atoms with E-state index < -0.39 is 5.82 Å². The fourth-order valence-electron chi connectivity index (χ4n) is 2.93. The van der Waals surface area contributed by atoms with E-state index >= 15 is 0 Å². The lowest BCUT2D eigenvalue weighted by atomic mass is 9.86. The molecule has 1 aromatic rings. The third-order valence-electron chi connectivity index (χ3n) is 4.58. The second-order valence-corrected chi connectivity index (χ2v) is 6.45. The van der Waals surface area contributed by atoms with Crippen molar-refractivity contribution < 1.29 is 23.4 Å². The molecule has 1 aliphatic heterocycles. The van der Waals surface area contributed by atoms with Gasteiger partial charge in [-0.1, -0.05) is 12.5 Å². The van der Waals surface area contributed by atoms with Gasteiger partial charge in [-0.15, -0.1) is 0 Å². The summed E-state index contributed by atoms with van der Waals surface area (Å²) in [5.74, 6) is 0.355. The van der Waals surface area contributed by atoms with Crippen molar-refractivity contribution in [2.24, 2.45) is 5.92 Å². The van der Waals surface area contributed by atoms with Crippen molar-refractivity contribution in [2.45, 2.75) is 37.8 Å². The van der Waals surface area contributed by atoms with Crippen LogP contribution in [0.5, 0.6) is 5.75 Å². The first kappa shape index (κ1) is 17.2. The summed E-state index contributed by atoms with van der Waals surface area (Å²) < 4.78 is 29.8. The van der Waals surface area contributed by atoms with Crippen molar-refractivity contribution in [3.05, 3.63) is 30.1 Å². The summed E-state index contributed by atoms with van der Waals surface area (Å²) in [5.41, 5.74) is 0. The SMILES string of the molecule is O=C(COc1cccc(F)c1)N[C@@H]1COCC[C@@H]1OCC1CCC1. The fraction of sp³-hybridized carbons (Fsp3) is 0.611. The molecule has 3 rings (SSSR count). The zero-order valence-corrected chi connectivity index (χ0v) is 13.7. The highest BCUT2D eigenvalue weighted by atomic mass is 19.1. The predicted octanol–water partition coefficient (Wildman–Crippen LogP) is 2.29. The summed E-state index contributed by atoms with van der Waals surface area (Å²) in [4.78, 5) is 12.1. The van der Waals surface area contributed by atoms with Crippen molar-refractivity contribution in [3.8, 4) is 5.75 Å². The molecule has 1 aliphatic carbocycles. The monoisotopic (exact) mass is 337 g/mol. The Labute approximate surface area is 141 Å². The van der Waals surface area contributed by atoms with Crippen molar-refractivity contribution in [1.82, 2.24) is 5.32 Å². The van der Waals surface area contributed by atoms with Crippen LogP contribution in [0.3, 0.4) is 0 Å². The maximum atomic E-state index is 13.1. The highest BCUT2D eigenvalue weighted by Crippen LogP contribution is 2.27. The lowest BCUT2D eigenvalue weighted by Crippen LogP contribution is -2.52. The number of carbonyl (C=O) groups is 1. The minimum absolute atomic E-state index is 0.0162. The second-order valence-electron chi connectivity index (χ2n) is 6.45. The first-order valence-corrected chi connectivity index (χ1v) is 8.58. The highest BCUT2D eigenvalue weighted by molar-refractivity contribution is 5.77. The molecule has 132 valence electrons. The molecule has 6 heteroatoms. The lowest BCUT2D eigenvalue weighted by molar-refractivity contribution is -0.128. The zero-order valence-electron chi connectivity index (χ0n) is 13.7. The van der Waals surface area contributed by atoms with Crippen molar-refractivity contribution >= 4 is 5.91 Å². The van der Waals surface area contributed by atoms with Crippen molar-refractivity contribution in [3.63, 3.8) is 0 Å². The molecule has 0 bridgehead atoms.